The van der Waals surface area contributed by atoms with Crippen LogP contribution in [0.1, 0.15) is 42.9 Å². The highest BCUT2D eigenvalue weighted by atomic mass is 16.3. The van der Waals surface area contributed by atoms with E-state index in [4.69, 9.17) is 0 Å². The lowest BCUT2D eigenvalue weighted by molar-refractivity contribution is 0.0313. The predicted molar refractivity (Wildman–Crippen MR) is 66.8 cm³/mol. The average molecular weight is 236 g/mol. The third kappa shape index (κ3) is 3.82. The molecule has 1 amide bonds. The van der Waals surface area contributed by atoms with Crippen molar-refractivity contribution in [3.63, 3.8) is 0 Å². The topological polar surface area (TPSA) is 62.2 Å². The molecule has 94 valence electrons. The van der Waals surface area contributed by atoms with E-state index in [1.165, 1.54) is 0 Å². The first-order chi connectivity index (χ1) is 8.00. The molecule has 0 atom stereocenters. The third-order valence-electron chi connectivity index (χ3n) is 3.02. The van der Waals surface area contributed by atoms with E-state index in [1.807, 2.05) is 26.8 Å². The number of carbonyl (C=O) groups is 1. The smallest absolute Gasteiger partial charge is 0.269 e. The van der Waals surface area contributed by atoms with Gasteiger partial charge in [0.25, 0.3) is 5.91 Å². The van der Waals surface area contributed by atoms with E-state index in [1.54, 1.807) is 12.1 Å². The van der Waals surface area contributed by atoms with Crippen molar-refractivity contribution >= 4 is 5.91 Å². The molecule has 0 unspecified atom stereocenters. The molecule has 0 radical (unpaired) electrons. The molecular formula is C13H20N2O2. The second-order valence-corrected chi connectivity index (χ2v) is 4.28. The normalized spacial score (nSPS) is 11.3. The molecule has 4 heteroatoms. The summed E-state index contributed by atoms with van der Waals surface area (Å²) in [4.78, 5) is 15.9. The SMILES string of the molecule is CCC(O)(CC)CNC(=O)c1cccc(C)n1. The van der Waals surface area contributed by atoms with Crippen LogP contribution < -0.4 is 5.32 Å². The van der Waals surface area contributed by atoms with Crippen molar-refractivity contribution in [2.45, 2.75) is 39.2 Å². The Morgan fingerprint density at radius 1 is 1.41 bits per heavy atom. The molecule has 0 aliphatic carbocycles. The fourth-order valence-corrected chi connectivity index (χ4v) is 1.50. The van der Waals surface area contributed by atoms with Crippen molar-refractivity contribution in [3.8, 4) is 0 Å². The van der Waals surface area contributed by atoms with Crippen molar-refractivity contribution in [2.24, 2.45) is 0 Å². The molecule has 0 bridgehead atoms. The molecule has 1 aromatic heterocycles. The molecule has 4 nitrogen and oxygen atoms in total. The third-order valence-corrected chi connectivity index (χ3v) is 3.02. The molecule has 0 spiro atoms. The van der Waals surface area contributed by atoms with Crippen molar-refractivity contribution in [1.82, 2.24) is 10.3 Å². The summed E-state index contributed by atoms with van der Waals surface area (Å²) in [7, 11) is 0. The van der Waals surface area contributed by atoms with Crippen LogP contribution in [0, 0.1) is 6.92 Å². The van der Waals surface area contributed by atoms with Crippen LogP contribution in [0.4, 0.5) is 0 Å². The maximum Gasteiger partial charge on any atom is 0.269 e. The molecular weight excluding hydrogens is 216 g/mol. The van der Waals surface area contributed by atoms with Gasteiger partial charge in [0.15, 0.2) is 0 Å². The number of aryl methyl sites for hydroxylation is 1. The van der Waals surface area contributed by atoms with Crippen LogP contribution in [0.2, 0.25) is 0 Å². The van der Waals surface area contributed by atoms with E-state index in [0.29, 0.717) is 18.5 Å². The highest BCUT2D eigenvalue weighted by Crippen LogP contribution is 2.13. The molecule has 2 N–H and O–H groups in total. The Morgan fingerprint density at radius 3 is 2.59 bits per heavy atom. The van der Waals surface area contributed by atoms with Gasteiger partial charge in [-0.2, -0.15) is 0 Å². The minimum Gasteiger partial charge on any atom is -0.388 e. The Balaban J connectivity index is 2.62. The van der Waals surface area contributed by atoms with Crippen LogP contribution in [0.5, 0.6) is 0 Å². The Morgan fingerprint density at radius 2 is 2.06 bits per heavy atom. The molecule has 1 aromatic rings. The molecule has 1 rings (SSSR count). The lowest BCUT2D eigenvalue weighted by atomic mass is 9.97. The van der Waals surface area contributed by atoms with Crippen molar-refractivity contribution < 1.29 is 9.90 Å². The number of nitrogens with zero attached hydrogens (tertiary/aromatic N) is 1. The second kappa shape index (κ2) is 5.77. The predicted octanol–water partition coefficient (Wildman–Crippen LogP) is 1.67. The standard InChI is InChI=1S/C13H20N2O2/c1-4-13(17,5-2)9-14-12(16)11-8-6-7-10(3)15-11/h6-8,17H,4-5,9H2,1-3H3,(H,14,16). The number of aromatic nitrogens is 1. The number of hydrogen-bond acceptors (Lipinski definition) is 3. The minimum atomic E-state index is -0.820. The molecule has 0 aliphatic rings. The van der Waals surface area contributed by atoms with Crippen molar-refractivity contribution in [3.05, 3.63) is 29.6 Å². The summed E-state index contributed by atoms with van der Waals surface area (Å²) in [5, 5.41) is 12.8. The first-order valence-electron chi connectivity index (χ1n) is 5.95. The summed E-state index contributed by atoms with van der Waals surface area (Å²) in [5.41, 5.74) is 0.373. The number of hydrogen-bond donors (Lipinski definition) is 2. The summed E-state index contributed by atoms with van der Waals surface area (Å²) >= 11 is 0. The highest BCUT2D eigenvalue weighted by Gasteiger charge is 2.23. The quantitative estimate of drug-likeness (QED) is 0.817. The largest absolute Gasteiger partial charge is 0.388 e. The summed E-state index contributed by atoms with van der Waals surface area (Å²) in [6.07, 6.45) is 1.23. The van der Waals surface area contributed by atoms with Gasteiger partial charge in [0, 0.05) is 12.2 Å². The zero-order valence-corrected chi connectivity index (χ0v) is 10.7. The van der Waals surface area contributed by atoms with Crippen LogP contribution in [0.25, 0.3) is 0 Å². The van der Waals surface area contributed by atoms with Crippen LogP contribution in [-0.2, 0) is 0 Å². The summed E-state index contributed by atoms with van der Waals surface area (Å²) in [6.45, 7) is 5.90. The second-order valence-electron chi connectivity index (χ2n) is 4.28. The van der Waals surface area contributed by atoms with Gasteiger partial charge in [0.2, 0.25) is 0 Å². The van der Waals surface area contributed by atoms with Gasteiger partial charge in [0.1, 0.15) is 5.69 Å². The first-order valence-corrected chi connectivity index (χ1v) is 5.95. The fourth-order valence-electron chi connectivity index (χ4n) is 1.50. The number of carbonyl (C=O) groups excluding carboxylic acids is 1. The molecule has 0 aromatic carbocycles. The van der Waals surface area contributed by atoms with Gasteiger partial charge in [-0.15, -0.1) is 0 Å². The van der Waals surface area contributed by atoms with E-state index >= 15 is 0 Å². The molecule has 0 saturated carbocycles. The number of aliphatic hydroxyl groups is 1. The van der Waals surface area contributed by atoms with Gasteiger partial charge in [-0.3, -0.25) is 4.79 Å². The van der Waals surface area contributed by atoms with Crippen LogP contribution in [0.3, 0.4) is 0 Å². The molecule has 17 heavy (non-hydrogen) atoms. The summed E-state index contributed by atoms with van der Waals surface area (Å²) in [6, 6.07) is 5.30. The van der Waals surface area contributed by atoms with E-state index in [0.717, 1.165) is 5.69 Å². The van der Waals surface area contributed by atoms with E-state index < -0.39 is 5.60 Å². The zero-order valence-electron chi connectivity index (χ0n) is 10.7. The molecule has 0 saturated heterocycles. The number of rotatable bonds is 5. The van der Waals surface area contributed by atoms with Gasteiger partial charge >= 0.3 is 0 Å². The highest BCUT2D eigenvalue weighted by molar-refractivity contribution is 5.92. The molecule has 0 aliphatic heterocycles. The minimum absolute atomic E-state index is 0.242. The van der Waals surface area contributed by atoms with E-state index in [-0.39, 0.29) is 12.5 Å². The average Bonchev–Trinajstić information content (AvgIpc) is 2.35. The first kappa shape index (κ1) is 13.6. The molecule has 0 fully saturated rings. The number of amides is 1. The maximum atomic E-state index is 11.8. The Kier molecular flexibility index (Phi) is 4.63. The lowest BCUT2D eigenvalue weighted by Crippen LogP contribution is -2.42. The van der Waals surface area contributed by atoms with Crippen molar-refractivity contribution in [1.29, 1.82) is 0 Å². The summed E-state index contributed by atoms with van der Waals surface area (Å²) in [5.74, 6) is -0.242. The number of pyridine rings is 1. The Labute approximate surface area is 102 Å². The monoisotopic (exact) mass is 236 g/mol. The van der Waals surface area contributed by atoms with Gasteiger partial charge < -0.3 is 10.4 Å². The maximum absolute atomic E-state index is 11.8. The zero-order chi connectivity index (χ0) is 12.9. The number of nitrogens with one attached hydrogen (secondary N) is 1. The van der Waals surface area contributed by atoms with Crippen molar-refractivity contribution in [2.75, 3.05) is 6.54 Å². The lowest BCUT2D eigenvalue weighted by Gasteiger charge is -2.25. The molecule has 1 heterocycles. The fraction of sp³-hybridized carbons (Fsp3) is 0.538. The Hall–Kier alpha value is -1.42. The van der Waals surface area contributed by atoms with Gasteiger partial charge in [-0.05, 0) is 31.9 Å². The van der Waals surface area contributed by atoms with E-state index in [2.05, 4.69) is 10.3 Å². The summed E-state index contributed by atoms with van der Waals surface area (Å²) < 4.78 is 0. The van der Waals surface area contributed by atoms with E-state index in [9.17, 15) is 9.90 Å². The van der Waals surface area contributed by atoms with Crippen LogP contribution >= 0.6 is 0 Å². The van der Waals surface area contributed by atoms with Crippen LogP contribution in [-0.4, -0.2) is 28.1 Å². The van der Waals surface area contributed by atoms with Crippen LogP contribution in [0.15, 0.2) is 18.2 Å². The van der Waals surface area contributed by atoms with Gasteiger partial charge in [-0.25, -0.2) is 4.98 Å². The van der Waals surface area contributed by atoms with Gasteiger partial charge in [-0.1, -0.05) is 19.9 Å². The van der Waals surface area contributed by atoms with Gasteiger partial charge in [0.05, 0.1) is 5.60 Å². The Bertz CT molecular complexity index is 387.